The average Bonchev–Trinajstić information content (AvgIpc) is 2.18. The first-order valence-corrected chi connectivity index (χ1v) is 2.29. The Bertz CT molecular complexity index is 412. The van der Waals surface area contributed by atoms with Crippen molar-refractivity contribution >= 4 is 5.69 Å². The predicted molar refractivity (Wildman–Crippen MR) is 36.5 cm³/mol. The molecule has 0 saturated heterocycles. The monoisotopic (exact) mass is 181 g/mol. The number of hydrogen-bond acceptors (Lipinski definition) is 2. The molecule has 0 unspecified atom stereocenters. The maximum absolute atomic E-state index is 10.1. The Morgan fingerprint density at radius 2 is 2.00 bits per heavy atom. The van der Waals surface area contributed by atoms with E-state index in [-0.39, 0.29) is 51.4 Å². The molecule has 0 atom stereocenters. The number of rotatable bonds is 2. The zero-order valence-electron chi connectivity index (χ0n) is 10.7. The normalized spacial score (nSPS) is 14.4. The first-order chi connectivity index (χ1) is 6.86. The van der Waals surface area contributed by atoms with E-state index < -0.39 is 40.9 Å². The molecule has 52 valence electrons. The molecule has 4 nitrogen and oxygen atoms in total. The van der Waals surface area contributed by atoms with Crippen LogP contribution in [0.2, 0.25) is 0 Å². The fourth-order valence-corrected chi connectivity index (χ4v) is 0.375. The molecule has 0 fully saturated rings. The molecule has 0 N–H and O–H groups in total. The molecule has 0 bridgehead atoms. The Morgan fingerprint density at radius 1 is 1.45 bits per heavy atom. The van der Waals surface area contributed by atoms with Crippen LogP contribution in [0.4, 0.5) is 5.69 Å². The van der Waals surface area contributed by atoms with Crippen molar-refractivity contribution in [3.8, 4) is 0 Å². The van der Waals surface area contributed by atoms with E-state index in [1.807, 2.05) is 0 Å². The van der Waals surface area contributed by atoms with Crippen molar-refractivity contribution < 1.29 is 63.3 Å². The van der Waals surface area contributed by atoms with Gasteiger partial charge in [0.15, 0.2) is 0 Å². The minimum atomic E-state index is -1.10. The average molecular weight is 181 g/mol. The summed E-state index contributed by atoms with van der Waals surface area (Å²) in [5.74, 6) is 0. The van der Waals surface area contributed by atoms with E-state index in [1.165, 1.54) is 0 Å². The number of nitrogens with zero attached hydrogens (tertiary/aromatic N) is 2. The molecule has 0 aromatic heterocycles. The summed E-state index contributed by atoms with van der Waals surface area (Å²) in [5, 5.41) is 8.98. The van der Waals surface area contributed by atoms with Crippen molar-refractivity contribution in [2.24, 2.45) is 0 Å². The van der Waals surface area contributed by atoms with Gasteiger partial charge >= 0.3 is 51.4 Å². The maximum atomic E-state index is 10.1. The predicted octanol–water partition coefficient (Wildman–Crippen LogP) is -1.11. The molecule has 1 aromatic rings. The fourth-order valence-electron chi connectivity index (χ4n) is 0.375. The van der Waals surface area contributed by atoms with Crippen molar-refractivity contribution in [3.63, 3.8) is 0 Å². The second kappa shape index (κ2) is 5.67. The van der Waals surface area contributed by atoms with E-state index >= 15 is 0 Å². The van der Waals surface area contributed by atoms with E-state index in [4.69, 9.17) is 6.85 Å². The summed E-state index contributed by atoms with van der Waals surface area (Å²) in [7, 11) is 0. The van der Waals surface area contributed by atoms with Gasteiger partial charge in [0.2, 0.25) is 0 Å². The number of hydrogen-bond donors (Lipinski definition) is 0. The Kier molecular flexibility index (Phi) is 2.54. The Balaban J connectivity index is 0.00000225. The molecule has 0 heterocycles. The van der Waals surface area contributed by atoms with Gasteiger partial charge in [0.05, 0.1) is 6.85 Å². The summed E-state index contributed by atoms with van der Waals surface area (Å²) in [6, 6.07) is -3.25. The number of nitro groups is 1. The van der Waals surface area contributed by atoms with Crippen LogP contribution in [0.15, 0.2) is 30.2 Å². The first kappa shape index (κ1) is 4.93. The second-order valence-corrected chi connectivity index (χ2v) is 1.31. The summed E-state index contributed by atoms with van der Waals surface area (Å²) in [6.45, 7) is 0. The van der Waals surface area contributed by atoms with Crippen LogP contribution in [0, 0.1) is 10.1 Å². The van der Waals surface area contributed by atoms with Gasteiger partial charge in [0.25, 0.3) is 0 Å². The van der Waals surface area contributed by atoms with Gasteiger partial charge < -0.3 is 5.43 Å². The molecular formula is C6H5KN2O2. The quantitative estimate of drug-likeness (QED) is 0.330. The summed E-state index contributed by atoms with van der Waals surface area (Å²) in [4.78, 5) is 10.1. The van der Waals surface area contributed by atoms with Crippen LogP contribution in [0.25, 0.3) is 5.43 Å². The van der Waals surface area contributed by atoms with Gasteiger partial charge in [-0.2, -0.15) is 0 Å². The standard InChI is InChI=1S/C6H5N2O2.K/c9-8(10)7-6-4-2-1-3-5-6;/h1-5H;/q-1;+1/i1D,2D,3D,4D,5D;. The Morgan fingerprint density at radius 3 is 2.45 bits per heavy atom. The van der Waals surface area contributed by atoms with Crippen molar-refractivity contribution in [2.75, 3.05) is 0 Å². The van der Waals surface area contributed by atoms with Crippen molar-refractivity contribution in [1.82, 2.24) is 0 Å². The molecule has 0 spiro atoms. The molecule has 0 aliphatic heterocycles. The molecule has 11 heavy (non-hydrogen) atoms. The van der Waals surface area contributed by atoms with Gasteiger partial charge in [-0.3, -0.25) is 10.1 Å². The Hall–Kier alpha value is 0.0564. The third-order valence-electron chi connectivity index (χ3n) is 0.668. The largest absolute Gasteiger partial charge is 1.00 e. The van der Waals surface area contributed by atoms with Gasteiger partial charge in [-0.05, 0) is 5.03 Å². The molecule has 1 rings (SSSR count). The zero-order chi connectivity index (χ0) is 11.7. The van der Waals surface area contributed by atoms with Gasteiger partial charge in [0.1, 0.15) is 0 Å². The van der Waals surface area contributed by atoms with Crippen molar-refractivity contribution in [2.45, 2.75) is 0 Å². The van der Waals surface area contributed by atoms with Crippen molar-refractivity contribution in [1.29, 1.82) is 0 Å². The minimum Gasteiger partial charge on any atom is -0.349 e. The Labute approximate surface area is 114 Å². The SMILES string of the molecule is [2H]c1c([2H])c([2H])c([N-][N+](=O)[O-])c([2H])c1[2H].[K+]. The molecule has 0 aliphatic rings. The van der Waals surface area contributed by atoms with Gasteiger partial charge in [-0.1, -0.05) is 35.9 Å². The molecular weight excluding hydrogens is 171 g/mol. The van der Waals surface area contributed by atoms with E-state index in [1.54, 1.807) is 0 Å². The topological polar surface area (TPSA) is 57.2 Å². The first-order valence-electron chi connectivity index (χ1n) is 4.79. The van der Waals surface area contributed by atoms with Crippen molar-refractivity contribution in [3.05, 3.63) is 45.8 Å². The fraction of sp³-hybridized carbons (Fsp3) is 0. The van der Waals surface area contributed by atoms with Crippen LogP contribution in [-0.4, -0.2) is 5.03 Å². The smallest absolute Gasteiger partial charge is 0.349 e. The van der Waals surface area contributed by atoms with E-state index in [0.29, 0.717) is 0 Å². The van der Waals surface area contributed by atoms with Crippen LogP contribution < -0.4 is 51.4 Å². The van der Waals surface area contributed by atoms with Gasteiger partial charge in [0, 0.05) is 0 Å². The van der Waals surface area contributed by atoms with E-state index in [9.17, 15) is 10.1 Å². The summed E-state index contributed by atoms with van der Waals surface area (Å²) in [6.07, 6.45) is 0. The molecule has 0 aliphatic carbocycles. The molecule has 0 radical (unpaired) electrons. The summed E-state index contributed by atoms with van der Waals surface area (Å²) >= 11 is 0. The number of benzene rings is 1. The van der Waals surface area contributed by atoms with Crippen LogP contribution >= 0.6 is 0 Å². The van der Waals surface area contributed by atoms with Crippen LogP contribution in [0.3, 0.4) is 0 Å². The zero-order valence-corrected chi connectivity index (χ0v) is 8.83. The van der Waals surface area contributed by atoms with E-state index in [2.05, 4.69) is 5.43 Å². The third-order valence-corrected chi connectivity index (χ3v) is 0.668. The molecule has 0 saturated carbocycles. The van der Waals surface area contributed by atoms with Crippen LogP contribution in [0.5, 0.6) is 0 Å². The maximum Gasteiger partial charge on any atom is 1.00 e. The minimum absolute atomic E-state index is 0. The van der Waals surface area contributed by atoms with Gasteiger partial charge in [-0.15, -0.1) is 0 Å². The molecule has 0 amide bonds. The third kappa shape index (κ3) is 4.49. The summed E-state index contributed by atoms with van der Waals surface area (Å²) < 4.78 is 36.1. The molecule has 5 heteroatoms. The van der Waals surface area contributed by atoms with E-state index in [0.717, 1.165) is 0 Å². The van der Waals surface area contributed by atoms with Crippen LogP contribution in [-0.2, 0) is 0 Å². The van der Waals surface area contributed by atoms with Crippen LogP contribution in [0.1, 0.15) is 6.85 Å². The summed E-state index contributed by atoms with van der Waals surface area (Å²) in [5.41, 5.74) is 2.08. The second-order valence-electron chi connectivity index (χ2n) is 1.31. The molecule has 1 aromatic carbocycles. The van der Waals surface area contributed by atoms with Gasteiger partial charge in [-0.25, -0.2) is 0 Å².